The maximum atomic E-state index is 14.1. The van der Waals surface area contributed by atoms with Gasteiger partial charge in [-0.2, -0.15) is 0 Å². The van der Waals surface area contributed by atoms with Crippen molar-refractivity contribution < 1.29 is 24.2 Å². The summed E-state index contributed by atoms with van der Waals surface area (Å²) in [7, 11) is 0. The Kier molecular flexibility index (Phi) is 8.66. The number of esters is 1. The van der Waals surface area contributed by atoms with E-state index in [2.05, 4.69) is 44.9 Å². The summed E-state index contributed by atoms with van der Waals surface area (Å²) in [6, 6.07) is 3.72. The summed E-state index contributed by atoms with van der Waals surface area (Å²) in [4.78, 5) is 43.2. The van der Waals surface area contributed by atoms with Gasteiger partial charge in [0.25, 0.3) is 0 Å². The number of aliphatic carboxylic acids is 1. The van der Waals surface area contributed by atoms with Crippen LogP contribution >= 0.6 is 11.6 Å². The van der Waals surface area contributed by atoms with Crippen molar-refractivity contribution in [3.05, 3.63) is 29.0 Å². The third-order valence-electron chi connectivity index (χ3n) is 15.4. The lowest BCUT2D eigenvalue weighted by molar-refractivity contribution is -0.247. The van der Waals surface area contributed by atoms with Gasteiger partial charge in [0.2, 0.25) is 5.91 Å². The average molecular weight is 669 g/mol. The normalized spacial score (nSPS) is 40.6. The standard InChI is InChI=1S/C39H57ClN2O5/c1-34(2,33(45)46)21-31(43)47-30-15-17-36(5)28(35(30,3)4)14-18-38(7)29(36)13-12-26-27-9-8-16-39(27,20-19-37(26,38)6)32(44)42-23-25-11-10-24(40)22-41-25/h10-11,22,26-30H,8-9,12-21,23H2,1-7H3,(H,42,44)(H,45,46)/t26?,27?,28?,29?,30?,36?,37-,38?,39?/m1/s1. The second-order valence-electron chi connectivity index (χ2n) is 18.2. The molecule has 0 aliphatic heterocycles. The van der Waals surface area contributed by atoms with Crippen molar-refractivity contribution in [3.8, 4) is 0 Å². The third kappa shape index (κ3) is 5.35. The molecule has 1 heterocycles. The van der Waals surface area contributed by atoms with Crippen LogP contribution in [0.25, 0.3) is 0 Å². The Bertz CT molecular complexity index is 1410. The number of aromatic nitrogens is 1. The van der Waals surface area contributed by atoms with E-state index in [1.807, 2.05) is 12.1 Å². The Morgan fingerprint density at radius 1 is 0.915 bits per heavy atom. The van der Waals surface area contributed by atoms with Crippen LogP contribution in [0.15, 0.2) is 18.3 Å². The first-order chi connectivity index (χ1) is 21.9. The summed E-state index contributed by atoms with van der Waals surface area (Å²) in [5.74, 6) is 0.816. The highest BCUT2D eigenvalue weighted by molar-refractivity contribution is 6.30. The molecule has 9 atom stereocenters. The Morgan fingerprint density at radius 2 is 1.66 bits per heavy atom. The number of carboxylic acids is 1. The van der Waals surface area contributed by atoms with Crippen LogP contribution in [0.3, 0.4) is 0 Å². The van der Waals surface area contributed by atoms with Gasteiger partial charge in [0.1, 0.15) is 6.10 Å². The molecule has 1 aromatic heterocycles. The number of rotatable bonds is 7. The van der Waals surface area contributed by atoms with Gasteiger partial charge in [-0.1, -0.05) is 52.6 Å². The zero-order valence-electron chi connectivity index (χ0n) is 29.7. The van der Waals surface area contributed by atoms with E-state index in [1.54, 1.807) is 20.0 Å². The van der Waals surface area contributed by atoms with Crippen LogP contribution in [0, 0.1) is 56.2 Å². The van der Waals surface area contributed by atoms with Crippen LogP contribution in [0.2, 0.25) is 5.02 Å². The maximum Gasteiger partial charge on any atom is 0.309 e. The molecule has 1 amide bonds. The van der Waals surface area contributed by atoms with Gasteiger partial charge < -0.3 is 15.2 Å². The van der Waals surface area contributed by atoms with E-state index in [1.165, 1.54) is 12.8 Å². The van der Waals surface area contributed by atoms with Gasteiger partial charge in [0.05, 0.1) is 34.5 Å². The molecule has 5 saturated carbocycles. The predicted octanol–water partition coefficient (Wildman–Crippen LogP) is 8.62. The molecule has 0 radical (unpaired) electrons. The van der Waals surface area contributed by atoms with Crippen molar-refractivity contribution in [2.24, 2.45) is 56.2 Å². The van der Waals surface area contributed by atoms with Gasteiger partial charge in [-0.15, -0.1) is 0 Å². The molecule has 1 aromatic rings. The number of carbonyl (C=O) groups excluding carboxylic acids is 2. The lowest BCUT2D eigenvalue weighted by Gasteiger charge is -2.72. The molecule has 2 N–H and O–H groups in total. The molecular formula is C39H57ClN2O5. The smallest absolute Gasteiger partial charge is 0.309 e. The summed E-state index contributed by atoms with van der Waals surface area (Å²) < 4.78 is 6.14. The van der Waals surface area contributed by atoms with E-state index in [0.29, 0.717) is 35.2 Å². The number of nitrogens with one attached hydrogen (secondary N) is 1. The van der Waals surface area contributed by atoms with Gasteiger partial charge in [-0.3, -0.25) is 19.4 Å². The molecule has 0 bridgehead atoms. The molecule has 7 nitrogen and oxygen atoms in total. The summed E-state index contributed by atoms with van der Waals surface area (Å²) in [5, 5.41) is 13.5. The lowest BCUT2D eigenvalue weighted by atomic mass is 9.32. The topological polar surface area (TPSA) is 106 Å². The molecular weight excluding hydrogens is 612 g/mol. The van der Waals surface area contributed by atoms with Crippen LogP contribution in [0.4, 0.5) is 0 Å². The molecule has 5 aliphatic rings. The van der Waals surface area contributed by atoms with Crippen LogP contribution in [-0.2, 0) is 25.7 Å². The largest absolute Gasteiger partial charge is 0.481 e. The van der Waals surface area contributed by atoms with Crippen LogP contribution in [-0.4, -0.2) is 34.0 Å². The first-order valence-electron chi connectivity index (χ1n) is 18.2. The third-order valence-corrected chi connectivity index (χ3v) is 15.6. The van der Waals surface area contributed by atoms with Gasteiger partial charge in [0, 0.05) is 11.6 Å². The minimum Gasteiger partial charge on any atom is -0.481 e. The summed E-state index contributed by atoms with van der Waals surface area (Å²) in [5.41, 5.74) is -0.276. The van der Waals surface area contributed by atoms with E-state index in [0.717, 1.165) is 63.5 Å². The molecule has 5 fully saturated rings. The second-order valence-corrected chi connectivity index (χ2v) is 18.6. The SMILES string of the molecule is CC(C)(CC(=O)OC1CCC2(C)C(CCC3(C)C2CCC2C4CCCC4(C(=O)NCc4ccc(Cl)cn4)CC[C@]23C)C1(C)C)C(=O)O. The second kappa shape index (κ2) is 11.7. The molecule has 8 heteroatoms. The average Bonchev–Trinajstić information content (AvgIpc) is 3.44. The number of halogens is 1. The number of nitrogens with zero attached hydrogens (tertiary/aromatic N) is 1. The minimum atomic E-state index is -1.14. The fraction of sp³-hybridized carbons (Fsp3) is 0.795. The Hall–Kier alpha value is -2.15. The molecule has 6 rings (SSSR count). The van der Waals surface area contributed by atoms with Gasteiger partial charge >= 0.3 is 11.9 Å². The summed E-state index contributed by atoms with van der Waals surface area (Å²) in [6.45, 7) is 15.9. The van der Waals surface area contributed by atoms with Crippen LogP contribution in [0.1, 0.15) is 131 Å². The lowest BCUT2D eigenvalue weighted by Crippen LogP contribution is -2.67. The number of fused-ring (bicyclic) bond motifs is 7. The highest BCUT2D eigenvalue weighted by atomic mass is 35.5. The van der Waals surface area contributed by atoms with E-state index < -0.39 is 17.4 Å². The number of pyridine rings is 1. The van der Waals surface area contributed by atoms with E-state index in [4.69, 9.17) is 16.3 Å². The molecule has 0 spiro atoms. The van der Waals surface area contributed by atoms with Crippen molar-refractivity contribution in [1.29, 1.82) is 0 Å². The molecule has 8 unspecified atom stereocenters. The zero-order chi connectivity index (χ0) is 34.2. The van der Waals surface area contributed by atoms with E-state index in [9.17, 15) is 19.5 Å². The number of amides is 1. The monoisotopic (exact) mass is 668 g/mol. The Morgan fingerprint density at radius 3 is 2.34 bits per heavy atom. The van der Waals surface area contributed by atoms with Gasteiger partial charge in [-0.25, -0.2) is 0 Å². The predicted molar refractivity (Wildman–Crippen MR) is 182 cm³/mol. The molecule has 5 aliphatic carbocycles. The summed E-state index contributed by atoms with van der Waals surface area (Å²) in [6.07, 6.45) is 13.1. The van der Waals surface area contributed by atoms with Crippen molar-refractivity contribution >= 4 is 29.4 Å². The van der Waals surface area contributed by atoms with Crippen molar-refractivity contribution in [2.45, 2.75) is 138 Å². The highest BCUT2D eigenvalue weighted by Gasteiger charge is 2.71. The quantitative estimate of drug-likeness (QED) is 0.282. The number of ether oxygens (including phenoxy) is 1. The molecule has 0 aromatic carbocycles. The first kappa shape index (κ1) is 34.7. The Labute approximate surface area is 286 Å². The van der Waals surface area contributed by atoms with E-state index >= 15 is 0 Å². The van der Waals surface area contributed by atoms with Crippen molar-refractivity contribution in [3.63, 3.8) is 0 Å². The van der Waals surface area contributed by atoms with Gasteiger partial charge in [0.15, 0.2) is 0 Å². The molecule has 260 valence electrons. The molecule has 47 heavy (non-hydrogen) atoms. The van der Waals surface area contributed by atoms with Gasteiger partial charge in [-0.05, 0) is 130 Å². The van der Waals surface area contributed by atoms with E-state index in [-0.39, 0.29) is 45.5 Å². The maximum absolute atomic E-state index is 14.1. The highest BCUT2D eigenvalue weighted by Crippen LogP contribution is 2.77. The summed E-state index contributed by atoms with van der Waals surface area (Å²) >= 11 is 6.03. The van der Waals surface area contributed by atoms with Crippen LogP contribution < -0.4 is 5.32 Å². The van der Waals surface area contributed by atoms with Crippen molar-refractivity contribution in [2.75, 3.05) is 0 Å². The minimum absolute atomic E-state index is 0.115. The fourth-order valence-electron chi connectivity index (χ4n) is 12.6. The zero-order valence-corrected chi connectivity index (χ0v) is 30.5. The molecule has 0 saturated heterocycles. The number of carbonyl (C=O) groups is 3. The van der Waals surface area contributed by atoms with Crippen molar-refractivity contribution in [1.82, 2.24) is 10.3 Å². The number of hydrogen-bond donors (Lipinski definition) is 2. The Balaban J connectivity index is 1.19. The number of carboxylic acid groups (broad SMARTS) is 1. The fourth-order valence-corrected chi connectivity index (χ4v) is 12.8. The first-order valence-corrected chi connectivity index (χ1v) is 18.6. The van der Waals surface area contributed by atoms with Crippen LogP contribution in [0.5, 0.6) is 0 Å². The number of hydrogen-bond acceptors (Lipinski definition) is 5.